The molecule has 0 aromatic carbocycles. The molecule has 1 saturated heterocycles. The molecule has 15 heavy (non-hydrogen) atoms. The van der Waals surface area contributed by atoms with Gasteiger partial charge in [0.25, 0.3) is 0 Å². The van der Waals surface area contributed by atoms with E-state index in [1.807, 2.05) is 17.8 Å². The zero-order valence-electron chi connectivity index (χ0n) is 8.81. The first kappa shape index (κ1) is 10.4. The van der Waals surface area contributed by atoms with Crippen LogP contribution in [0.1, 0.15) is 16.8 Å². The van der Waals surface area contributed by atoms with E-state index in [0.29, 0.717) is 12.2 Å². The molecule has 0 bridgehead atoms. The van der Waals surface area contributed by atoms with Crippen LogP contribution in [0.5, 0.6) is 0 Å². The summed E-state index contributed by atoms with van der Waals surface area (Å²) >= 11 is 0. The van der Waals surface area contributed by atoms with Gasteiger partial charge in [0, 0.05) is 31.6 Å². The number of ketones is 1. The van der Waals surface area contributed by atoms with Crippen molar-refractivity contribution >= 4 is 5.78 Å². The van der Waals surface area contributed by atoms with Crippen molar-refractivity contribution in [2.24, 2.45) is 7.05 Å². The fraction of sp³-hybridized carbons (Fsp3) is 0.545. The van der Waals surface area contributed by atoms with Crippen LogP contribution in [0.4, 0.5) is 0 Å². The van der Waals surface area contributed by atoms with Crippen molar-refractivity contribution in [2.75, 3.05) is 19.8 Å². The first-order valence-electron chi connectivity index (χ1n) is 5.10. The van der Waals surface area contributed by atoms with Gasteiger partial charge in [-0.1, -0.05) is 0 Å². The minimum atomic E-state index is 0.0301. The van der Waals surface area contributed by atoms with Crippen molar-refractivity contribution < 1.29 is 14.3 Å². The lowest BCUT2D eigenvalue weighted by atomic mass is 10.2. The van der Waals surface area contributed by atoms with Crippen LogP contribution < -0.4 is 0 Å². The first-order valence-corrected chi connectivity index (χ1v) is 5.10. The molecule has 82 valence electrons. The maximum Gasteiger partial charge on any atom is 0.189 e. The zero-order chi connectivity index (χ0) is 10.7. The monoisotopic (exact) mass is 209 g/mol. The normalized spacial score (nSPS) is 20.7. The summed E-state index contributed by atoms with van der Waals surface area (Å²) in [6.45, 7) is 1.50. The second-order valence-electron chi connectivity index (χ2n) is 3.79. The summed E-state index contributed by atoms with van der Waals surface area (Å²) < 4.78 is 12.5. The van der Waals surface area contributed by atoms with Crippen molar-refractivity contribution in [3.05, 3.63) is 24.0 Å². The van der Waals surface area contributed by atoms with Gasteiger partial charge in [0.15, 0.2) is 5.78 Å². The predicted octanol–water partition coefficient (Wildman–Crippen LogP) is 1.01. The number of aromatic nitrogens is 1. The van der Waals surface area contributed by atoms with E-state index in [-0.39, 0.29) is 18.5 Å². The van der Waals surface area contributed by atoms with Crippen LogP contribution in [-0.2, 0) is 16.5 Å². The Hall–Kier alpha value is -1.13. The number of hydrogen-bond acceptors (Lipinski definition) is 3. The van der Waals surface area contributed by atoms with Crippen molar-refractivity contribution in [3.8, 4) is 0 Å². The third-order valence-corrected chi connectivity index (χ3v) is 2.49. The molecule has 2 heterocycles. The Balaban J connectivity index is 1.81. The smallest absolute Gasteiger partial charge is 0.189 e. The van der Waals surface area contributed by atoms with Crippen molar-refractivity contribution in [1.29, 1.82) is 0 Å². The zero-order valence-corrected chi connectivity index (χ0v) is 8.81. The number of carbonyl (C=O) groups excluding carboxylic acids is 1. The molecule has 1 fully saturated rings. The van der Waals surface area contributed by atoms with Gasteiger partial charge < -0.3 is 14.0 Å². The molecule has 0 spiro atoms. The highest BCUT2D eigenvalue weighted by atomic mass is 16.5. The van der Waals surface area contributed by atoms with E-state index in [1.54, 1.807) is 12.3 Å². The number of nitrogens with zero attached hydrogens (tertiary/aromatic N) is 1. The van der Waals surface area contributed by atoms with E-state index in [1.165, 1.54) is 0 Å². The topological polar surface area (TPSA) is 40.5 Å². The summed E-state index contributed by atoms with van der Waals surface area (Å²) in [7, 11) is 1.89. The molecule has 2 rings (SSSR count). The molecule has 1 aromatic heterocycles. The molecule has 0 aliphatic carbocycles. The minimum Gasteiger partial charge on any atom is -0.379 e. The quantitative estimate of drug-likeness (QED) is 0.695. The Bertz CT molecular complexity index is 339. The fourth-order valence-electron chi connectivity index (χ4n) is 1.59. The molecule has 1 atom stereocenters. The second-order valence-corrected chi connectivity index (χ2v) is 3.79. The highest BCUT2D eigenvalue weighted by molar-refractivity contribution is 5.96. The average molecular weight is 209 g/mol. The van der Waals surface area contributed by atoms with Gasteiger partial charge in [-0.3, -0.25) is 4.79 Å². The minimum absolute atomic E-state index is 0.0301. The van der Waals surface area contributed by atoms with Gasteiger partial charge >= 0.3 is 0 Å². The van der Waals surface area contributed by atoms with Crippen LogP contribution in [0.3, 0.4) is 0 Å². The average Bonchev–Trinajstić information content (AvgIpc) is 2.84. The summed E-state index contributed by atoms with van der Waals surface area (Å²) in [4.78, 5) is 11.6. The Morgan fingerprint density at radius 3 is 3.20 bits per heavy atom. The Kier molecular flexibility index (Phi) is 3.18. The molecule has 1 unspecified atom stereocenters. The molecule has 0 radical (unpaired) electrons. The number of rotatable bonds is 4. The van der Waals surface area contributed by atoms with Crippen LogP contribution in [0.25, 0.3) is 0 Å². The molecular formula is C11H15NO3. The second kappa shape index (κ2) is 4.59. The number of ether oxygens (including phenoxy) is 2. The predicted molar refractivity (Wildman–Crippen MR) is 54.9 cm³/mol. The number of hydrogen-bond donors (Lipinski definition) is 0. The molecule has 0 N–H and O–H groups in total. The largest absolute Gasteiger partial charge is 0.379 e. The van der Waals surface area contributed by atoms with Crippen LogP contribution in [0, 0.1) is 0 Å². The van der Waals surface area contributed by atoms with E-state index in [4.69, 9.17) is 9.47 Å². The number of carbonyl (C=O) groups is 1. The Morgan fingerprint density at radius 2 is 2.60 bits per heavy atom. The lowest BCUT2D eigenvalue weighted by molar-refractivity contribution is 0.0390. The SMILES string of the molecule is Cn1ccc(C(=O)COC2CCOC2)c1. The van der Waals surface area contributed by atoms with E-state index in [2.05, 4.69) is 0 Å². The number of aryl methyl sites for hydroxylation is 1. The molecular weight excluding hydrogens is 194 g/mol. The first-order chi connectivity index (χ1) is 7.25. The maximum absolute atomic E-state index is 11.6. The molecule has 0 amide bonds. The molecule has 1 aliphatic rings. The summed E-state index contributed by atoms with van der Waals surface area (Å²) in [5, 5.41) is 0. The van der Waals surface area contributed by atoms with Gasteiger partial charge in [0.1, 0.15) is 6.61 Å². The van der Waals surface area contributed by atoms with E-state index >= 15 is 0 Å². The molecule has 4 heteroatoms. The van der Waals surface area contributed by atoms with Gasteiger partial charge in [-0.25, -0.2) is 0 Å². The maximum atomic E-state index is 11.6. The molecule has 4 nitrogen and oxygen atoms in total. The van der Waals surface area contributed by atoms with Gasteiger partial charge in [-0.15, -0.1) is 0 Å². The van der Waals surface area contributed by atoms with Crippen LogP contribution in [0.2, 0.25) is 0 Å². The van der Waals surface area contributed by atoms with Crippen LogP contribution in [0.15, 0.2) is 18.5 Å². The third kappa shape index (κ3) is 2.67. The Morgan fingerprint density at radius 1 is 1.73 bits per heavy atom. The molecule has 0 saturated carbocycles. The fourth-order valence-corrected chi connectivity index (χ4v) is 1.59. The summed E-state index contributed by atoms with van der Waals surface area (Å²) in [6.07, 6.45) is 4.64. The van der Waals surface area contributed by atoms with Crippen LogP contribution >= 0.6 is 0 Å². The summed E-state index contributed by atoms with van der Waals surface area (Å²) in [6, 6.07) is 1.80. The van der Waals surface area contributed by atoms with Gasteiger partial charge in [0.2, 0.25) is 0 Å². The lowest BCUT2D eigenvalue weighted by Crippen LogP contribution is -2.18. The lowest BCUT2D eigenvalue weighted by Gasteiger charge is -2.07. The highest BCUT2D eigenvalue weighted by Crippen LogP contribution is 2.09. The standard InChI is InChI=1S/C11H15NO3/c1-12-4-2-9(6-12)11(13)8-15-10-3-5-14-7-10/h2,4,6,10H,3,5,7-8H2,1H3. The van der Waals surface area contributed by atoms with Crippen LogP contribution in [-0.4, -0.2) is 36.3 Å². The van der Waals surface area contributed by atoms with Crippen molar-refractivity contribution in [2.45, 2.75) is 12.5 Å². The number of Topliss-reactive ketones (excluding diaryl/α,β-unsaturated/α-hetero) is 1. The van der Waals surface area contributed by atoms with E-state index in [9.17, 15) is 4.79 Å². The Labute approximate surface area is 88.8 Å². The van der Waals surface area contributed by atoms with Crippen molar-refractivity contribution in [1.82, 2.24) is 4.57 Å². The van der Waals surface area contributed by atoms with Gasteiger partial charge in [-0.2, -0.15) is 0 Å². The molecule has 1 aromatic rings. The van der Waals surface area contributed by atoms with Gasteiger partial charge in [-0.05, 0) is 12.5 Å². The highest BCUT2D eigenvalue weighted by Gasteiger charge is 2.17. The van der Waals surface area contributed by atoms with Gasteiger partial charge in [0.05, 0.1) is 12.7 Å². The molecule has 1 aliphatic heterocycles. The third-order valence-electron chi connectivity index (χ3n) is 2.49. The van der Waals surface area contributed by atoms with E-state index < -0.39 is 0 Å². The summed E-state index contributed by atoms with van der Waals surface area (Å²) in [5.74, 6) is 0.0301. The summed E-state index contributed by atoms with van der Waals surface area (Å²) in [5.41, 5.74) is 0.705. The van der Waals surface area contributed by atoms with E-state index in [0.717, 1.165) is 13.0 Å². The van der Waals surface area contributed by atoms with Crippen molar-refractivity contribution in [3.63, 3.8) is 0 Å².